The van der Waals surface area contributed by atoms with Crippen LogP contribution in [-0.4, -0.2) is 37.2 Å². The third kappa shape index (κ3) is 4.48. The van der Waals surface area contributed by atoms with Crippen molar-refractivity contribution in [2.24, 2.45) is 5.41 Å². The molecule has 1 aromatic rings. The summed E-state index contributed by atoms with van der Waals surface area (Å²) in [4.78, 5) is 24.4. The summed E-state index contributed by atoms with van der Waals surface area (Å²) in [5, 5.41) is 8.46. The maximum Gasteiger partial charge on any atom is 0.315 e. The van der Waals surface area contributed by atoms with Crippen LogP contribution in [-0.2, 0) is 9.53 Å². The molecule has 1 spiro atoms. The lowest BCUT2D eigenvalue weighted by Crippen LogP contribution is -2.66. The summed E-state index contributed by atoms with van der Waals surface area (Å²) in [6.45, 7) is 2.62. The Labute approximate surface area is 166 Å². The number of benzene rings is 1. The molecule has 28 heavy (non-hydrogen) atoms. The summed E-state index contributed by atoms with van der Waals surface area (Å²) in [5.74, 6) is 2.23. The fourth-order valence-electron chi connectivity index (χ4n) is 4.53. The van der Waals surface area contributed by atoms with Crippen LogP contribution in [0, 0.1) is 17.8 Å². The van der Waals surface area contributed by atoms with Crippen LogP contribution in [0.3, 0.4) is 0 Å². The van der Waals surface area contributed by atoms with Crippen LogP contribution in [0.25, 0.3) is 0 Å². The number of terminal acetylenes is 1. The van der Waals surface area contributed by atoms with Gasteiger partial charge in [-0.2, -0.15) is 0 Å². The number of hydrogen-bond acceptors (Lipinski definition) is 3. The van der Waals surface area contributed by atoms with Gasteiger partial charge >= 0.3 is 6.03 Å². The molecular formula is C22H29N3O3. The van der Waals surface area contributed by atoms with E-state index in [1.807, 2.05) is 6.92 Å². The first-order valence-corrected chi connectivity index (χ1v) is 10.1. The first kappa shape index (κ1) is 20.2. The molecule has 2 aliphatic carbocycles. The summed E-state index contributed by atoms with van der Waals surface area (Å²) in [6.07, 6.45) is 12.2. The van der Waals surface area contributed by atoms with Crippen LogP contribution < -0.4 is 16.0 Å². The minimum Gasteiger partial charge on any atom is -0.378 e. The molecule has 2 fully saturated rings. The highest BCUT2D eigenvalue weighted by Gasteiger charge is 2.56. The molecule has 150 valence electrons. The van der Waals surface area contributed by atoms with E-state index < -0.39 is 0 Å². The van der Waals surface area contributed by atoms with Gasteiger partial charge in [-0.05, 0) is 44.4 Å². The smallest absolute Gasteiger partial charge is 0.315 e. The van der Waals surface area contributed by atoms with Crippen molar-refractivity contribution in [3.63, 3.8) is 0 Å². The van der Waals surface area contributed by atoms with E-state index in [0.29, 0.717) is 17.9 Å². The van der Waals surface area contributed by atoms with Gasteiger partial charge in [-0.3, -0.25) is 4.79 Å². The lowest BCUT2D eigenvalue weighted by Gasteiger charge is -2.57. The molecule has 1 aromatic carbocycles. The van der Waals surface area contributed by atoms with Crippen LogP contribution in [0.2, 0.25) is 0 Å². The SMILES string of the molecule is C#Cc1cccc(NC(=O)CNC(=O)N[C@H]2C[C@H](OCC)C23CCCCC3)c1. The van der Waals surface area contributed by atoms with Gasteiger partial charge in [0, 0.05) is 29.3 Å². The summed E-state index contributed by atoms with van der Waals surface area (Å²) >= 11 is 0. The lowest BCUT2D eigenvalue weighted by molar-refractivity contribution is -0.146. The first-order chi connectivity index (χ1) is 13.6. The van der Waals surface area contributed by atoms with Crippen LogP contribution in [0.4, 0.5) is 10.5 Å². The molecule has 0 saturated heterocycles. The zero-order valence-corrected chi connectivity index (χ0v) is 16.4. The Bertz CT molecular complexity index is 750. The summed E-state index contributed by atoms with van der Waals surface area (Å²) in [5.41, 5.74) is 1.36. The second-order valence-corrected chi connectivity index (χ2v) is 7.63. The maximum atomic E-state index is 12.3. The van der Waals surface area contributed by atoms with E-state index in [1.165, 1.54) is 19.3 Å². The Morgan fingerprint density at radius 3 is 2.79 bits per heavy atom. The number of ether oxygens (including phenoxy) is 1. The molecule has 0 heterocycles. The third-order valence-corrected chi connectivity index (χ3v) is 5.97. The maximum absolute atomic E-state index is 12.3. The molecule has 0 radical (unpaired) electrons. The van der Waals surface area contributed by atoms with Crippen molar-refractivity contribution in [2.75, 3.05) is 18.5 Å². The Hall–Kier alpha value is -2.52. The highest BCUT2D eigenvalue weighted by molar-refractivity contribution is 5.94. The van der Waals surface area contributed by atoms with Crippen molar-refractivity contribution in [1.82, 2.24) is 10.6 Å². The van der Waals surface area contributed by atoms with Crippen molar-refractivity contribution in [1.29, 1.82) is 0 Å². The zero-order valence-electron chi connectivity index (χ0n) is 16.4. The van der Waals surface area contributed by atoms with E-state index in [9.17, 15) is 9.59 Å². The predicted octanol–water partition coefficient (Wildman–Crippen LogP) is 3.03. The van der Waals surface area contributed by atoms with Crippen LogP contribution in [0.1, 0.15) is 51.0 Å². The highest BCUT2D eigenvalue weighted by Crippen LogP contribution is 2.53. The van der Waals surface area contributed by atoms with Crippen LogP contribution in [0.15, 0.2) is 24.3 Å². The number of amides is 3. The quantitative estimate of drug-likeness (QED) is 0.661. The molecule has 2 aliphatic rings. The molecule has 0 bridgehead atoms. The van der Waals surface area contributed by atoms with Gasteiger partial charge in [0.05, 0.1) is 12.6 Å². The Morgan fingerprint density at radius 2 is 2.07 bits per heavy atom. The molecule has 0 aromatic heterocycles. The van der Waals surface area contributed by atoms with Crippen molar-refractivity contribution in [3.05, 3.63) is 29.8 Å². The molecule has 6 nitrogen and oxygen atoms in total. The first-order valence-electron chi connectivity index (χ1n) is 10.1. The molecule has 2 saturated carbocycles. The Morgan fingerprint density at radius 1 is 1.29 bits per heavy atom. The van der Waals surface area contributed by atoms with Gasteiger partial charge in [0.25, 0.3) is 0 Å². The van der Waals surface area contributed by atoms with Gasteiger partial charge in [0.2, 0.25) is 5.91 Å². The summed E-state index contributed by atoms with van der Waals surface area (Å²) < 4.78 is 5.92. The standard InChI is InChI=1S/C22H29N3O3/c1-3-16-9-8-10-17(13-16)24-20(26)15-23-21(27)25-18-14-19(28-4-2)22(18)11-6-5-7-12-22/h1,8-10,13,18-19H,4-7,11-12,14-15H2,2H3,(H,24,26)(H2,23,25,27)/t18-,19-/m0/s1. The number of anilines is 1. The van der Waals surface area contributed by atoms with E-state index in [1.54, 1.807) is 24.3 Å². The van der Waals surface area contributed by atoms with Gasteiger partial charge < -0.3 is 20.7 Å². The third-order valence-electron chi connectivity index (χ3n) is 5.97. The Kier molecular flexibility index (Phi) is 6.58. The number of hydrogen-bond donors (Lipinski definition) is 3. The topological polar surface area (TPSA) is 79.5 Å². The van der Waals surface area contributed by atoms with Gasteiger partial charge in [0.1, 0.15) is 0 Å². The van der Waals surface area contributed by atoms with E-state index in [-0.39, 0.29) is 36.0 Å². The molecule has 6 heteroatoms. The minimum absolute atomic E-state index is 0.0590. The second kappa shape index (κ2) is 9.11. The summed E-state index contributed by atoms with van der Waals surface area (Å²) in [7, 11) is 0. The predicted molar refractivity (Wildman–Crippen MR) is 109 cm³/mol. The fraction of sp³-hybridized carbons (Fsp3) is 0.545. The highest BCUT2D eigenvalue weighted by atomic mass is 16.5. The second-order valence-electron chi connectivity index (χ2n) is 7.63. The number of carbonyl (C=O) groups is 2. The molecule has 3 N–H and O–H groups in total. The van der Waals surface area contributed by atoms with Crippen molar-refractivity contribution >= 4 is 17.6 Å². The number of nitrogens with one attached hydrogen (secondary N) is 3. The van der Waals surface area contributed by atoms with E-state index in [4.69, 9.17) is 11.2 Å². The van der Waals surface area contributed by atoms with Gasteiger partial charge in [-0.1, -0.05) is 31.2 Å². The largest absolute Gasteiger partial charge is 0.378 e. The van der Waals surface area contributed by atoms with Crippen molar-refractivity contribution in [3.8, 4) is 12.3 Å². The number of carbonyl (C=O) groups excluding carboxylic acids is 2. The monoisotopic (exact) mass is 383 g/mol. The molecule has 2 atom stereocenters. The molecule has 0 unspecified atom stereocenters. The average molecular weight is 383 g/mol. The normalized spacial score (nSPS) is 22.6. The zero-order chi connectivity index (χ0) is 20.0. The fourth-order valence-corrected chi connectivity index (χ4v) is 4.53. The number of urea groups is 1. The van der Waals surface area contributed by atoms with Gasteiger partial charge in [0.15, 0.2) is 0 Å². The van der Waals surface area contributed by atoms with Gasteiger partial charge in [-0.15, -0.1) is 6.42 Å². The summed E-state index contributed by atoms with van der Waals surface area (Å²) in [6, 6.07) is 6.84. The molecule has 3 amide bonds. The number of rotatable bonds is 6. The van der Waals surface area contributed by atoms with E-state index in [2.05, 4.69) is 21.9 Å². The van der Waals surface area contributed by atoms with Crippen molar-refractivity contribution < 1.29 is 14.3 Å². The van der Waals surface area contributed by atoms with E-state index in [0.717, 1.165) is 19.3 Å². The van der Waals surface area contributed by atoms with Crippen LogP contribution >= 0.6 is 0 Å². The Balaban J connectivity index is 1.47. The average Bonchev–Trinajstić information content (AvgIpc) is 2.72. The molecular weight excluding hydrogens is 354 g/mol. The molecule has 0 aliphatic heterocycles. The van der Waals surface area contributed by atoms with Crippen molar-refractivity contribution in [2.45, 2.75) is 57.6 Å². The lowest BCUT2D eigenvalue weighted by atomic mass is 9.55. The van der Waals surface area contributed by atoms with E-state index >= 15 is 0 Å². The molecule has 3 rings (SSSR count). The van der Waals surface area contributed by atoms with Crippen LogP contribution in [0.5, 0.6) is 0 Å². The van der Waals surface area contributed by atoms with Gasteiger partial charge in [-0.25, -0.2) is 4.79 Å². The minimum atomic E-state index is -0.308.